The zero-order valence-corrected chi connectivity index (χ0v) is 35.8. The van der Waals surface area contributed by atoms with Crippen LogP contribution in [0.1, 0.15) is 91.7 Å². The van der Waals surface area contributed by atoms with Gasteiger partial charge in [-0.25, -0.2) is 15.0 Å². The predicted molar refractivity (Wildman–Crippen MR) is 248 cm³/mol. The van der Waals surface area contributed by atoms with Gasteiger partial charge in [-0.05, 0) is 121 Å². The molecule has 0 radical (unpaired) electrons. The molecule has 1 aromatic heterocycles. The van der Waals surface area contributed by atoms with Gasteiger partial charge in [-0.2, -0.15) is 0 Å². The summed E-state index contributed by atoms with van der Waals surface area (Å²) >= 11 is 0. The summed E-state index contributed by atoms with van der Waals surface area (Å²) < 4.78 is 0. The molecule has 0 N–H and O–H groups in total. The monoisotopic (exact) mass is 759 g/mol. The highest BCUT2D eigenvalue weighted by molar-refractivity contribution is 5.86. The predicted octanol–water partition coefficient (Wildman–Crippen LogP) is 14.8. The second kappa shape index (κ2) is 17.3. The Kier molecular flexibility index (Phi) is 12.0. The number of fused-ring (bicyclic) bond motifs is 1. The minimum Gasteiger partial charge on any atom is -0.208 e. The summed E-state index contributed by atoms with van der Waals surface area (Å²) in [5, 5.41) is 0. The maximum atomic E-state index is 5.02. The van der Waals surface area contributed by atoms with Crippen molar-refractivity contribution in [2.45, 2.75) is 87.0 Å². The van der Waals surface area contributed by atoms with E-state index >= 15 is 0 Å². The Morgan fingerprint density at radius 2 is 1.34 bits per heavy atom. The van der Waals surface area contributed by atoms with Gasteiger partial charge in [0.2, 0.25) is 0 Å². The quantitative estimate of drug-likeness (QED) is 0.155. The van der Waals surface area contributed by atoms with Crippen molar-refractivity contribution in [3.63, 3.8) is 0 Å². The zero-order chi connectivity index (χ0) is 41.0. The molecule has 0 fully saturated rings. The van der Waals surface area contributed by atoms with Crippen molar-refractivity contribution in [1.82, 2.24) is 15.0 Å². The highest BCUT2D eigenvalue weighted by Crippen LogP contribution is 2.45. The van der Waals surface area contributed by atoms with Crippen LogP contribution in [0.4, 0.5) is 0 Å². The maximum Gasteiger partial charge on any atom is 0.164 e. The van der Waals surface area contributed by atoms with E-state index in [0.29, 0.717) is 17.6 Å². The van der Waals surface area contributed by atoms with Gasteiger partial charge in [0.1, 0.15) is 0 Å². The third-order valence-corrected chi connectivity index (χ3v) is 11.7. The van der Waals surface area contributed by atoms with E-state index in [2.05, 4.69) is 184 Å². The van der Waals surface area contributed by atoms with Gasteiger partial charge in [0.15, 0.2) is 17.5 Å². The summed E-state index contributed by atoms with van der Waals surface area (Å²) in [5.41, 5.74) is 18.9. The Labute approximate surface area is 347 Å². The van der Waals surface area contributed by atoms with Crippen LogP contribution in [0, 0.1) is 40.5 Å². The molecule has 3 heteroatoms. The minimum absolute atomic E-state index is 0.0741. The maximum absolute atomic E-state index is 5.02. The first kappa shape index (κ1) is 40.3. The van der Waals surface area contributed by atoms with Crippen LogP contribution in [0.25, 0.3) is 56.7 Å². The lowest BCUT2D eigenvalue weighted by molar-refractivity contribution is 0.654. The Bertz CT molecular complexity index is 2580. The zero-order valence-electron chi connectivity index (χ0n) is 35.8. The summed E-state index contributed by atoms with van der Waals surface area (Å²) in [5.74, 6) is 2.59. The molecule has 2 aliphatic rings. The van der Waals surface area contributed by atoms with Gasteiger partial charge in [0.05, 0.1) is 0 Å². The van der Waals surface area contributed by atoms with E-state index in [1.165, 1.54) is 73.2 Å². The summed E-state index contributed by atoms with van der Waals surface area (Å²) in [6, 6.07) is 36.6. The number of aromatic nitrogens is 3. The van der Waals surface area contributed by atoms with Crippen LogP contribution in [0.15, 0.2) is 139 Å². The number of benzene rings is 5. The lowest BCUT2D eigenvalue weighted by Crippen LogP contribution is -2.16. The second-order valence-electron chi connectivity index (χ2n) is 16.7. The van der Waals surface area contributed by atoms with Crippen molar-refractivity contribution in [2.24, 2.45) is 5.92 Å². The van der Waals surface area contributed by atoms with Crippen molar-refractivity contribution in [2.75, 3.05) is 0 Å². The molecule has 2 aliphatic carbocycles. The topological polar surface area (TPSA) is 38.7 Å². The number of unbranched alkanes of at least 4 members (excludes halogenated alkanes) is 1. The fraction of sp³-hybridized carbons (Fsp3) is 0.255. The number of rotatable bonds is 8. The largest absolute Gasteiger partial charge is 0.208 e. The molecule has 0 aliphatic heterocycles. The fourth-order valence-electron chi connectivity index (χ4n) is 8.24. The van der Waals surface area contributed by atoms with Crippen LogP contribution in [0.3, 0.4) is 0 Å². The average Bonchev–Trinajstić information content (AvgIpc) is 3.46. The van der Waals surface area contributed by atoms with E-state index in [-0.39, 0.29) is 5.41 Å². The van der Waals surface area contributed by atoms with Crippen molar-refractivity contribution in [3.05, 3.63) is 184 Å². The van der Waals surface area contributed by atoms with Gasteiger partial charge in [-0.3, -0.25) is 0 Å². The Morgan fingerprint density at radius 1 is 0.655 bits per heavy atom. The molecule has 0 saturated heterocycles. The van der Waals surface area contributed by atoms with Gasteiger partial charge < -0.3 is 0 Å². The first-order valence-electron chi connectivity index (χ1n) is 20.9. The Balaban J connectivity index is 0.000000188. The summed E-state index contributed by atoms with van der Waals surface area (Å²) in [6.45, 7) is 20.0. The molecule has 1 atom stereocenters. The second-order valence-corrected chi connectivity index (χ2v) is 16.7. The molecule has 0 saturated carbocycles. The molecular formula is C55H57N3. The lowest BCUT2D eigenvalue weighted by Gasteiger charge is -2.24. The molecule has 0 bridgehead atoms. The number of nitrogens with zero attached hydrogens (tertiary/aromatic N) is 3. The van der Waals surface area contributed by atoms with Crippen LogP contribution < -0.4 is 0 Å². The average molecular weight is 760 g/mol. The molecule has 1 unspecified atom stereocenters. The third-order valence-electron chi connectivity index (χ3n) is 11.7. The molecule has 1 heterocycles. The lowest BCUT2D eigenvalue weighted by atomic mass is 9.79. The molecule has 0 amide bonds. The van der Waals surface area contributed by atoms with Gasteiger partial charge in [-0.1, -0.05) is 173 Å². The molecule has 58 heavy (non-hydrogen) atoms. The van der Waals surface area contributed by atoms with Crippen molar-refractivity contribution >= 4 is 11.6 Å². The molecule has 0 spiro atoms. The first-order valence-corrected chi connectivity index (χ1v) is 20.9. The summed E-state index contributed by atoms with van der Waals surface area (Å²) in [4.78, 5) is 14.9. The van der Waals surface area contributed by atoms with E-state index in [0.717, 1.165) is 35.4 Å². The van der Waals surface area contributed by atoms with Crippen LogP contribution >= 0.6 is 0 Å². The van der Waals surface area contributed by atoms with Gasteiger partial charge in [0.25, 0.3) is 0 Å². The molecule has 5 aromatic carbocycles. The molecule has 6 aromatic rings. The van der Waals surface area contributed by atoms with E-state index in [9.17, 15) is 0 Å². The molecule has 292 valence electrons. The van der Waals surface area contributed by atoms with Crippen LogP contribution in [-0.4, -0.2) is 15.0 Å². The van der Waals surface area contributed by atoms with Crippen molar-refractivity contribution < 1.29 is 0 Å². The third kappa shape index (κ3) is 8.50. The van der Waals surface area contributed by atoms with E-state index in [1.54, 1.807) is 0 Å². The molecule has 8 rings (SSSR count). The van der Waals surface area contributed by atoms with Crippen LogP contribution in [0.5, 0.6) is 0 Å². The highest BCUT2D eigenvalue weighted by atomic mass is 15.0. The van der Waals surface area contributed by atoms with E-state index < -0.39 is 0 Å². The number of hydrogen-bond acceptors (Lipinski definition) is 3. The number of hydrogen-bond donors (Lipinski definition) is 0. The fourth-order valence-corrected chi connectivity index (χ4v) is 8.24. The highest BCUT2D eigenvalue weighted by Gasteiger charge is 2.32. The molecule has 3 nitrogen and oxygen atoms in total. The van der Waals surface area contributed by atoms with E-state index in [4.69, 9.17) is 15.0 Å². The summed E-state index contributed by atoms with van der Waals surface area (Å²) in [7, 11) is 0. The van der Waals surface area contributed by atoms with Crippen LogP contribution in [-0.2, 0) is 5.41 Å². The Morgan fingerprint density at radius 3 is 2.10 bits per heavy atom. The number of aryl methyl sites for hydroxylation is 5. The van der Waals surface area contributed by atoms with Gasteiger partial charge in [-0.15, -0.1) is 0 Å². The van der Waals surface area contributed by atoms with Crippen LogP contribution in [0.2, 0.25) is 0 Å². The Hall–Kier alpha value is -5.93. The van der Waals surface area contributed by atoms with Crippen molar-refractivity contribution in [1.29, 1.82) is 0 Å². The standard InChI is InChI=1S/C31H29N3.C24H28/c1-20-10-8-14-25(18-20)30-32-29(24-12-6-5-7-13-24)33-31(34-30)26-15-9-11-23(4)28(26)27-19-21(2)16-17-22(27)3;1-6-7-8-12-20-15-19-14-18(3)22(16-23(19)24(20,4)5)21-13-10-9-11-17(21)2/h5-9,11-20H,10H2,1-4H3;8-16H,6-7H2,1-5H3/b;12-8-. The van der Waals surface area contributed by atoms with Gasteiger partial charge >= 0.3 is 0 Å². The summed E-state index contributed by atoms with van der Waals surface area (Å²) in [6.07, 6.45) is 17.0. The normalized spacial score (nSPS) is 15.4. The van der Waals surface area contributed by atoms with Gasteiger partial charge in [0, 0.05) is 22.1 Å². The van der Waals surface area contributed by atoms with E-state index in [1.807, 2.05) is 18.2 Å². The first-order chi connectivity index (χ1) is 27.9. The SMILES string of the molecule is CCC/C=C\C1=Cc2cc(C)c(-c3ccccc3C)cc2C1(C)C.Cc1ccc(C)c(-c2c(C)cccc2-c2nc(C3=CC(C)CC=C3)nc(-c3ccccc3)n2)c1. The molecular weight excluding hydrogens is 703 g/mol. The minimum atomic E-state index is 0.0741. The number of allylic oxidation sites excluding steroid dienone is 7. The van der Waals surface area contributed by atoms with Crippen molar-refractivity contribution in [3.8, 4) is 45.0 Å². The smallest absolute Gasteiger partial charge is 0.164 e.